The minimum atomic E-state index is -1.92. The van der Waals surface area contributed by atoms with Crippen LogP contribution in [-0.4, -0.2) is 188 Å². The zero-order chi connectivity index (χ0) is 55.9. The molecule has 424 valence electrons. The van der Waals surface area contributed by atoms with Crippen molar-refractivity contribution in [1.29, 1.82) is 0 Å². The zero-order valence-corrected chi connectivity index (χ0v) is 42.2. The van der Waals surface area contributed by atoms with Gasteiger partial charge in [-0.05, 0) is 78.3 Å². The van der Waals surface area contributed by atoms with Crippen LogP contribution in [-0.2, 0) is 35.2 Å². The minimum Gasteiger partial charge on any atom is -0.508 e. The minimum absolute atomic E-state index is 0. The molecule has 3 aromatic rings. The molecule has 3 fully saturated rings. The van der Waals surface area contributed by atoms with Gasteiger partial charge in [-0.3, -0.25) is 33.6 Å². The largest absolute Gasteiger partial charge is 0.508 e. The molecule has 77 heavy (non-hydrogen) atoms. The molecule has 0 aromatic heterocycles. The number of ether oxygens (including phenoxy) is 1. The van der Waals surface area contributed by atoms with Crippen molar-refractivity contribution in [3.8, 4) is 58.8 Å². The number of carbonyl (C=O) groups is 7. The number of nitrogens with one attached hydrogen (secondary N) is 6. The van der Waals surface area contributed by atoms with Crippen LogP contribution in [0, 0.1) is 42.1 Å². The van der Waals surface area contributed by atoms with Crippen LogP contribution in [0.1, 0.15) is 54.0 Å². The summed E-state index contributed by atoms with van der Waals surface area (Å²) in [5.41, 5.74) is 7.79. The third-order valence-corrected chi connectivity index (χ3v) is 13.3. The quantitative estimate of drug-likeness (QED) is 0.0885. The van der Waals surface area contributed by atoms with Gasteiger partial charge in [0, 0.05) is 86.3 Å². The van der Waals surface area contributed by atoms with Gasteiger partial charge in [0.15, 0.2) is 0 Å². The summed E-state index contributed by atoms with van der Waals surface area (Å²) in [4.78, 5) is 102. The maximum Gasteiger partial charge on any atom is 0.251 e. The van der Waals surface area contributed by atoms with E-state index in [1.165, 1.54) is 43.3 Å². The second-order valence-electron chi connectivity index (χ2n) is 19.0. The van der Waals surface area contributed by atoms with E-state index in [9.17, 15) is 64.2 Å². The summed E-state index contributed by atoms with van der Waals surface area (Å²) in [5, 5.41) is 81.1. The van der Waals surface area contributed by atoms with E-state index in [1.54, 1.807) is 43.3 Å². The molecule has 12 atom stereocenters. The molecule has 0 saturated carbocycles. The van der Waals surface area contributed by atoms with Crippen molar-refractivity contribution in [2.45, 2.75) is 99.8 Å². The van der Waals surface area contributed by atoms with E-state index in [4.69, 9.17) is 16.9 Å². The summed E-state index contributed by atoms with van der Waals surface area (Å²) < 4.78 is 5.35. The van der Waals surface area contributed by atoms with Crippen LogP contribution >= 0.6 is 0 Å². The van der Waals surface area contributed by atoms with E-state index in [2.05, 4.69) is 61.7 Å². The van der Waals surface area contributed by atoms with Crippen molar-refractivity contribution in [3.63, 3.8) is 0 Å². The lowest BCUT2D eigenvalue weighted by Gasteiger charge is -2.32. The number of hydrogen-bond donors (Lipinski definition) is 13. The fourth-order valence-electron chi connectivity index (χ4n) is 9.22. The van der Waals surface area contributed by atoms with Gasteiger partial charge in [-0.2, -0.15) is 0 Å². The highest BCUT2D eigenvalue weighted by atomic mass is 16.5. The van der Waals surface area contributed by atoms with Crippen molar-refractivity contribution in [2.24, 2.45) is 11.7 Å². The molecule has 0 radical (unpaired) electrons. The molecule has 23 heteroatoms. The Morgan fingerprint density at radius 3 is 2.13 bits per heavy atom. The molecular weight excluding hydrogens is 999 g/mol. The number of rotatable bonds is 12. The second-order valence-corrected chi connectivity index (χ2v) is 19.0. The van der Waals surface area contributed by atoms with E-state index in [0.717, 1.165) is 15.4 Å². The zero-order valence-electron chi connectivity index (χ0n) is 42.2. The van der Waals surface area contributed by atoms with Crippen LogP contribution in [0.2, 0.25) is 0 Å². The summed E-state index contributed by atoms with van der Waals surface area (Å²) in [6.45, 7) is 0.927. The fraction of sp³-hybridized carbons (Fsp3) is 0.426. The van der Waals surface area contributed by atoms with Crippen LogP contribution in [0.25, 0.3) is 11.1 Å². The van der Waals surface area contributed by atoms with Gasteiger partial charge >= 0.3 is 0 Å². The number of fused-ring (bicyclic) bond motifs is 2. The predicted octanol–water partition coefficient (Wildman–Crippen LogP) is -1.86. The highest BCUT2D eigenvalue weighted by Crippen LogP contribution is 2.27. The second kappa shape index (κ2) is 27.1. The molecule has 0 spiro atoms. The number of aliphatic hydroxyl groups is 5. The van der Waals surface area contributed by atoms with Gasteiger partial charge < -0.3 is 82.8 Å². The number of aromatic hydroxyl groups is 1. The molecule has 3 heterocycles. The Labute approximate surface area is 456 Å². The molecule has 0 bridgehead atoms. The number of phenolic OH excluding ortho intramolecular Hbond substituents is 1. The van der Waals surface area contributed by atoms with Crippen molar-refractivity contribution in [3.05, 3.63) is 83.9 Å². The van der Waals surface area contributed by atoms with E-state index < -0.39 is 134 Å². The monoisotopic (exact) mass is 1080 g/mol. The van der Waals surface area contributed by atoms with Gasteiger partial charge in [0.2, 0.25) is 35.4 Å². The van der Waals surface area contributed by atoms with Crippen LogP contribution in [0.5, 0.6) is 11.5 Å². The average Bonchev–Trinajstić information content (AvgIpc) is 4.22. The number of nitrogens with two attached hydrogens (primary N) is 1. The van der Waals surface area contributed by atoms with Crippen LogP contribution < -0.4 is 42.4 Å². The first-order valence-electron chi connectivity index (χ1n) is 24.8. The SMILES string of the molecule is C#CC#CC#COc1ccc(-c2ccc(C(=O)N[C@H]3CC(NCCN)CNC(=O)[C@@H]4[C@@H](O)[C@@H](C)CN4C(=O)[C@H](CO)NC(=O)[C@H]([C@H](O)Cc4ccc(O)cc4)NC(=O)[C@@H]4C[C@@H](O)CN4C(=O)[C@H]([C@@H](C)O)NC3=O)cc2)cc1.[HH].[HH].[HH].[HH].[HH].[HH].[HH].[HH]. The van der Waals surface area contributed by atoms with Gasteiger partial charge in [-0.15, -0.1) is 6.42 Å². The van der Waals surface area contributed by atoms with E-state index in [1.807, 2.05) is 0 Å². The smallest absolute Gasteiger partial charge is 0.251 e. The third kappa shape index (κ3) is 15.1. The molecule has 0 aliphatic carbocycles. The third-order valence-electron chi connectivity index (χ3n) is 13.3. The molecule has 3 saturated heterocycles. The standard InChI is InChI=1S/C54H63N9O14.8H2/c1-4-5-6-7-22-77-39-18-14-34(15-19-39)33-10-12-35(13-11-33)48(70)58-40-24-36(56-21-20-55)26-57-52(74)46-47(69)30(2)27-63(46)53(75)41(29-64)59-51(73)45(43(68)23-32-8-16-37(66)17-9-32)61-50(72)42-25-38(67)28-62(42)54(76)44(31(3)65)60-49(40)71;;;;;;;;/h1,8-19,30-31,36,38,40-47,56,64-69H,20-21,23-29,55H2,2-3H3,(H,57,74)(H,58,70)(H,59,73)(H,60,71)(H,61,72);8*1H/t30-,31+,36?,38+,40-,41-,42-,43+,44-,45-,46-,47-;;;;;;;;/m0......../s1. The van der Waals surface area contributed by atoms with Crippen LogP contribution in [0.4, 0.5) is 0 Å². The lowest BCUT2D eigenvalue weighted by atomic mass is 10.00. The number of hydrogen-bond acceptors (Lipinski definition) is 16. The number of phenols is 1. The van der Waals surface area contributed by atoms with E-state index in [-0.39, 0.29) is 61.7 Å². The Kier molecular flexibility index (Phi) is 20.5. The molecule has 14 N–H and O–H groups in total. The highest BCUT2D eigenvalue weighted by Gasteiger charge is 2.48. The number of benzene rings is 3. The molecule has 6 rings (SSSR count). The summed E-state index contributed by atoms with van der Waals surface area (Å²) >= 11 is 0. The van der Waals surface area contributed by atoms with Crippen molar-refractivity contribution < 1.29 is 80.4 Å². The average molecular weight is 1080 g/mol. The summed E-state index contributed by atoms with van der Waals surface area (Å²) in [5.74, 6) is 2.10. The molecular formula is C54H79N9O14. The van der Waals surface area contributed by atoms with Gasteiger partial charge in [-0.1, -0.05) is 43.3 Å². The van der Waals surface area contributed by atoms with Gasteiger partial charge in [-0.25, -0.2) is 0 Å². The van der Waals surface area contributed by atoms with Crippen LogP contribution in [0.15, 0.2) is 72.8 Å². The predicted molar refractivity (Wildman–Crippen MR) is 293 cm³/mol. The fourth-order valence-corrected chi connectivity index (χ4v) is 9.22. The molecule has 1 unspecified atom stereocenters. The number of aliphatic hydroxyl groups excluding tert-OH is 5. The van der Waals surface area contributed by atoms with Crippen molar-refractivity contribution >= 4 is 41.4 Å². The summed E-state index contributed by atoms with van der Waals surface area (Å²) in [7, 11) is 0. The van der Waals surface area contributed by atoms with Gasteiger partial charge in [0.05, 0.1) is 31.0 Å². The maximum absolute atomic E-state index is 14.6. The van der Waals surface area contributed by atoms with Crippen molar-refractivity contribution in [1.82, 2.24) is 41.7 Å². The van der Waals surface area contributed by atoms with E-state index in [0.29, 0.717) is 16.9 Å². The number of terminal acetylenes is 1. The Morgan fingerprint density at radius 1 is 0.831 bits per heavy atom. The highest BCUT2D eigenvalue weighted by molar-refractivity contribution is 6.00. The summed E-state index contributed by atoms with van der Waals surface area (Å²) in [6.07, 6.45) is 0.272. The number of nitrogens with zero attached hydrogens (tertiary/aromatic N) is 2. The lowest BCUT2D eigenvalue weighted by molar-refractivity contribution is -0.146. The molecule has 7 amide bonds. The van der Waals surface area contributed by atoms with Crippen LogP contribution in [0.3, 0.4) is 0 Å². The van der Waals surface area contributed by atoms with Gasteiger partial charge in [0.1, 0.15) is 53.9 Å². The number of carbonyl (C=O) groups excluding carboxylic acids is 7. The first kappa shape index (κ1) is 58.2. The number of amides is 7. The molecule has 23 nitrogen and oxygen atoms in total. The molecule has 3 aromatic carbocycles. The Hall–Kier alpha value is -8.05. The molecule has 3 aliphatic rings. The van der Waals surface area contributed by atoms with Crippen molar-refractivity contribution in [2.75, 3.05) is 39.3 Å². The first-order chi connectivity index (χ1) is 36.8. The normalized spacial score (nSPS) is 26.2. The maximum atomic E-state index is 14.6. The van der Waals surface area contributed by atoms with Gasteiger partial charge in [0.25, 0.3) is 5.91 Å². The van der Waals surface area contributed by atoms with E-state index >= 15 is 0 Å². The summed E-state index contributed by atoms with van der Waals surface area (Å²) in [6, 6.07) is 7.62. The first-order valence-corrected chi connectivity index (χ1v) is 24.8. The molecule has 3 aliphatic heterocycles. The topological polar surface area (TPSA) is 355 Å². The lowest BCUT2D eigenvalue weighted by Crippen LogP contribution is -2.63. The Morgan fingerprint density at radius 2 is 1.49 bits per heavy atom. The Bertz CT molecular complexity index is 2820. The Balaban J connectivity index is -0.00000840.